The predicted molar refractivity (Wildman–Crippen MR) is 86.3 cm³/mol. The maximum atomic E-state index is 11.1. The summed E-state index contributed by atoms with van der Waals surface area (Å²) in [5.74, 6) is 0.611. The van der Waals surface area contributed by atoms with E-state index < -0.39 is 5.60 Å². The number of hydrogen-bond donors (Lipinski definition) is 1. The zero-order chi connectivity index (χ0) is 15.5. The van der Waals surface area contributed by atoms with E-state index in [1.165, 1.54) is 16.8 Å². The van der Waals surface area contributed by atoms with Crippen molar-refractivity contribution in [2.24, 2.45) is 5.41 Å². The summed E-state index contributed by atoms with van der Waals surface area (Å²) in [5.41, 5.74) is 0.125. The van der Waals surface area contributed by atoms with Crippen molar-refractivity contribution in [3.05, 3.63) is 42.5 Å². The fraction of sp³-hybridized carbons (Fsp3) is 0.500. The lowest BCUT2D eigenvalue weighted by Gasteiger charge is -2.40. The Kier molecular flexibility index (Phi) is 4.74. The normalized spacial score (nSPS) is 14.9. The van der Waals surface area contributed by atoms with Gasteiger partial charge in [-0.15, -0.1) is 11.8 Å². The van der Waals surface area contributed by atoms with Crippen LogP contribution < -0.4 is 0 Å². The molecule has 1 heterocycles. The van der Waals surface area contributed by atoms with Crippen molar-refractivity contribution in [2.75, 3.05) is 5.75 Å². The summed E-state index contributed by atoms with van der Waals surface area (Å²) in [6.07, 6.45) is 3.14. The molecule has 1 aromatic carbocycles. The van der Waals surface area contributed by atoms with E-state index in [1.807, 2.05) is 0 Å². The Morgan fingerprint density at radius 3 is 2.38 bits per heavy atom. The van der Waals surface area contributed by atoms with Gasteiger partial charge in [-0.1, -0.05) is 38.5 Å². The van der Waals surface area contributed by atoms with Crippen LogP contribution in [0, 0.1) is 12.3 Å². The summed E-state index contributed by atoms with van der Waals surface area (Å²) in [6.45, 7) is 8.68. The number of aromatic nitrogens is 3. The highest BCUT2D eigenvalue weighted by atomic mass is 32.2. The highest BCUT2D eigenvalue weighted by Crippen LogP contribution is 2.36. The van der Waals surface area contributed by atoms with Crippen molar-refractivity contribution in [1.82, 2.24) is 14.8 Å². The number of rotatable bonds is 5. The van der Waals surface area contributed by atoms with Crippen LogP contribution in [0.15, 0.2) is 41.8 Å². The Bertz CT molecular complexity index is 560. The van der Waals surface area contributed by atoms with Crippen LogP contribution in [-0.2, 0) is 6.54 Å². The lowest BCUT2D eigenvalue weighted by molar-refractivity contribution is -0.0527. The summed E-state index contributed by atoms with van der Waals surface area (Å²) < 4.78 is 1.70. The van der Waals surface area contributed by atoms with Crippen LogP contribution in [0.3, 0.4) is 0 Å². The summed E-state index contributed by atoms with van der Waals surface area (Å²) >= 11 is 1.67. The zero-order valence-electron chi connectivity index (χ0n) is 13.1. The molecule has 0 bridgehead atoms. The zero-order valence-corrected chi connectivity index (χ0v) is 13.9. The van der Waals surface area contributed by atoms with E-state index in [0.29, 0.717) is 12.3 Å². The number of hydrogen-bond acceptors (Lipinski definition) is 4. The quantitative estimate of drug-likeness (QED) is 0.862. The maximum absolute atomic E-state index is 11.1. The number of thioether (sulfide) groups is 1. The lowest BCUT2D eigenvalue weighted by atomic mass is 9.77. The van der Waals surface area contributed by atoms with E-state index in [-0.39, 0.29) is 5.41 Å². The van der Waals surface area contributed by atoms with Gasteiger partial charge in [0.25, 0.3) is 0 Å². The average Bonchev–Trinajstić information content (AvgIpc) is 2.89. The smallest absolute Gasteiger partial charge is 0.137 e. The van der Waals surface area contributed by atoms with E-state index in [1.54, 1.807) is 22.8 Å². The molecule has 0 spiro atoms. The molecule has 1 aromatic heterocycles. The Morgan fingerprint density at radius 1 is 1.19 bits per heavy atom. The molecule has 0 saturated heterocycles. The van der Waals surface area contributed by atoms with E-state index in [4.69, 9.17) is 0 Å². The molecule has 4 nitrogen and oxygen atoms in total. The van der Waals surface area contributed by atoms with Gasteiger partial charge in [-0.2, -0.15) is 5.10 Å². The minimum absolute atomic E-state index is 0.253. The molecule has 114 valence electrons. The first-order valence-electron chi connectivity index (χ1n) is 7.04. The molecular weight excluding hydrogens is 282 g/mol. The fourth-order valence-corrected chi connectivity index (χ4v) is 3.18. The van der Waals surface area contributed by atoms with E-state index >= 15 is 0 Å². The van der Waals surface area contributed by atoms with Crippen molar-refractivity contribution in [2.45, 2.75) is 44.7 Å². The summed E-state index contributed by atoms with van der Waals surface area (Å²) in [5, 5.41) is 15.2. The van der Waals surface area contributed by atoms with Crippen LogP contribution in [0.25, 0.3) is 0 Å². The minimum atomic E-state index is -0.865. The molecule has 1 N–H and O–H groups in total. The van der Waals surface area contributed by atoms with Gasteiger partial charge in [-0.25, -0.2) is 4.98 Å². The Morgan fingerprint density at radius 2 is 1.86 bits per heavy atom. The van der Waals surface area contributed by atoms with Crippen LogP contribution in [0.5, 0.6) is 0 Å². The first kappa shape index (κ1) is 16.0. The molecule has 1 atom stereocenters. The number of nitrogens with zero attached hydrogens (tertiary/aromatic N) is 3. The molecule has 1 unspecified atom stereocenters. The van der Waals surface area contributed by atoms with Crippen LogP contribution in [0.4, 0.5) is 0 Å². The van der Waals surface area contributed by atoms with Crippen LogP contribution in [-0.4, -0.2) is 31.2 Å². The van der Waals surface area contributed by atoms with Gasteiger partial charge >= 0.3 is 0 Å². The number of aryl methyl sites for hydroxylation is 1. The average molecular weight is 305 g/mol. The molecule has 0 aliphatic heterocycles. The molecule has 0 saturated carbocycles. The molecule has 2 rings (SSSR count). The first-order chi connectivity index (χ1) is 9.80. The summed E-state index contributed by atoms with van der Waals surface area (Å²) in [4.78, 5) is 5.12. The monoisotopic (exact) mass is 305 g/mol. The minimum Gasteiger partial charge on any atom is -0.387 e. The Hall–Kier alpha value is -1.33. The van der Waals surface area contributed by atoms with Crippen molar-refractivity contribution in [3.8, 4) is 0 Å². The van der Waals surface area contributed by atoms with Crippen LogP contribution in [0.1, 0.15) is 26.3 Å². The highest BCUT2D eigenvalue weighted by molar-refractivity contribution is 7.99. The standard InChI is InChI=1S/C16H23N3OS/c1-13-5-7-14(8-6-13)21-10-16(20,15(2,3)4)9-19-12-17-11-18-19/h5-8,11-12,20H,9-10H2,1-4H3. The van der Waals surface area contributed by atoms with Crippen LogP contribution in [0.2, 0.25) is 0 Å². The SMILES string of the molecule is Cc1ccc(SCC(O)(Cn2cncn2)C(C)(C)C)cc1. The van der Waals surface area contributed by atoms with Gasteiger partial charge < -0.3 is 5.11 Å². The summed E-state index contributed by atoms with van der Waals surface area (Å²) in [7, 11) is 0. The number of benzene rings is 1. The molecular formula is C16H23N3OS. The number of aliphatic hydroxyl groups is 1. The van der Waals surface area contributed by atoms with Crippen molar-refractivity contribution < 1.29 is 5.11 Å². The van der Waals surface area contributed by atoms with Gasteiger partial charge in [-0.3, -0.25) is 4.68 Å². The van der Waals surface area contributed by atoms with Gasteiger partial charge in [0.05, 0.1) is 12.1 Å². The van der Waals surface area contributed by atoms with Crippen molar-refractivity contribution >= 4 is 11.8 Å². The third-order valence-electron chi connectivity index (χ3n) is 3.78. The summed E-state index contributed by atoms with van der Waals surface area (Å²) in [6, 6.07) is 8.38. The van der Waals surface area contributed by atoms with Gasteiger partial charge in [0.15, 0.2) is 0 Å². The van der Waals surface area contributed by atoms with Crippen molar-refractivity contribution in [1.29, 1.82) is 0 Å². The second-order valence-corrected chi connectivity index (χ2v) is 7.53. The molecule has 0 aliphatic rings. The van der Waals surface area contributed by atoms with Gasteiger partial charge in [0, 0.05) is 10.6 Å². The molecule has 0 radical (unpaired) electrons. The molecule has 0 amide bonds. The Labute approximate surface area is 130 Å². The highest BCUT2D eigenvalue weighted by Gasteiger charge is 2.40. The molecule has 0 fully saturated rings. The lowest BCUT2D eigenvalue weighted by Crippen LogP contribution is -2.49. The van der Waals surface area contributed by atoms with Crippen LogP contribution >= 0.6 is 11.8 Å². The molecule has 0 aliphatic carbocycles. The van der Waals surface area contributed by atoms with Gasteiger partial charge in [0.1, 0.15) is 12.7 Å². The molecule has 5 heteroatoms. The molecule has 2 aromatic rings. The van der Waals surface area contributed by atoms with E-state index in [0.717, 1.165) is 0 Å². The largest absolute Gasteiger partial charge is 0.387 e. The van der Waals surface area contributed by atoms with Gasteiger partial charge in [-0.05, 0) is 24.5 Å². The van der Waals surface area contributed by atoms with E-state index in [9.17, 15) is 5.11 Å². The second-order valence-electron chi connectivity index (χ2n) is 6.48. The molecule has 21 heavy (non-hydrogen) atoms. The van der Waals surface area contributed by atoms with Crippen molar-refractivity contribution in [3.63, 3.8) is 0 Å². The first-order valence-corrected chi connectivity index (χ1v) is 8.03. The third-order valence-corrected chi connectivity index (χ3v) is 5.01. The Balaban J connectivity index is 2.11. The van der Waals surface area contributed by atoms with E-state index in [2.05, 4.69) is 62.0 Å². The van der Waals surface area contributed by atoms with Gasteiger partial charge in [0.2, 0.25) is 0 Å². The predicted octanol–water partition coefficient (Wildman–Crippen LogP) is 3.16. The topological polar surface area (TPSA) is 50.9 Å². The third kappa shape index (κ3) is 4.08. The fourth-order valence-electron chi connectivity index (χ4n) is 1.92. The second kappa shape index (κ2) is 6.20. The maximum Gasteiger partial charge on any atom is 0.137 e.